The van der Waals surface area contributed by atoms with Gasteiger partial charge in [0.2, 0.25) is 11.8 Å². The number of halogens is 3. The summed E-state index contributed by atoms with van der Waals surface area (Å²) in [6, 6.07) is 18.1. The van der Waals surface area contributed by atoms with Crippen molar-refractivity contribution in [3.63, 3.8) is 0 Å². The molecule has 2 amide bonds. The van der Waals surface area contributed by atoms with Gasteiger partial charge in [0, 0.05) is 18.6 Å². The van der Waals surface area contributed by atoms with Gasteiger partial charge in [0.15, 0.2) is 0 Å². The number of anilines is 1. The summed E-state index contributed by atoms with van der Waals surface area (Å²) in [5.74, 6) is -0.976. The molecular weight excluding hydrogens is 557 g/mol. The molecule has 11 heteroatoms. The van der Waals surface area contributed by atoms with Gasteiger partial charge >= 0.3 is 0 Å². The van der Waals surface area contributed by atoms with Gasteiger partial charge in [-0.2, -0.15) is 0 Å². The maximum absolute atomic E-state index is 13.8. The molecule has 196 valence electrons. The minimum Gasteiger partial charge on any atom is -0.357 e. The van der Waals surface area contributed by atoms with Crippen LogP contribution >= 0.6 is 34.8 Å². The van der Waals surface area contributed by atoms with E-state index in [0.717, 1.165) is 4.31 Å². The highest BCUT2D eigenvalue weighted by atomic mass is 35.5. The Kier molecular flexibility index (Phi) is 9.84. The van der Waals surface area contributed by atoms with E-state index in [2.05, 4.69) is 5.32 Å². The Balaban J connectivity index is 2.09. The molecule has 0 aromatic heterocycles. The summed E-state index contributed by atoms with van der Waals surface area (Å²) >= 11 is 18.6. The minimum absolute atomic E-state index is 0.00499. The molecule has 37 heavy (non-hydrogen) atoms. The van der Waals surface area contributed by atoms with Gasteiger partial charge in [-0.3, -0.25) is 13.9 Å². The van der Waals surface area contributed by atoms with Crippen LogP contribution in [0.4, 0.5) is 5.69 Å². The summed E-state index contributed by atoms with van der Waals surface area (Å²) < 4.78 is 28.4. The number of carbonyl (C=O) groups excluding carboxylic acids is 2. The molecule has 0 aliphatic carbocycles. The van der Waals surface area contributed by atoms with Crippen molar-refractivity contribution in [3.05, 3.63) is 93.4 Å². The Labute approximate surface area is 232 Å². The van der Waals surface area contributed by atoms with Crippen LogP contribution < -0.4 is 9.62 Å². The molecule has 1 N–H and O–H groups in total. The van der Waals surface area contributed by atoms with E-state index in [-0.39, 0.29) is 33.1 Å². The maximum atomic E-state index is 13.8. The van der Waals surface area contributed by atoms with Crippen LogP contribution in [0.2, 0.25) is 15.1 Å². The molecule has 3 rings (SSSR count). The van der Waals surface area contributed by atoms with Crippen molar-refractivity contribution in [2.24, 2.45) is 0 Å². The fourth-order valence-corrected chi connectivity index (χ4v) is 5.70. The standard InChI is InChI=1S/C26H26Cl3N3O4S/c1-3-24(26(34)30-2)31(16-18-9-7-8-12-21(18)27)25(33)17-32(19-13-14-22(28)23(29)15-19)37(35,36)20-10-5-4-6-11-20/h4-15,24H,3,16-17H2,1-2H3,(H,30,34)/t24-/m1/s1. The molecule has 0 saturated heterocycles. The number of nitrogens with zero attached hydrogens (tertiary/aromatic N) is 2. The van der Waals surface area contributed by atoms with Gasteiger partial charge < -0.3 is 10.2 Å². The number of likely N-dealkylation sites (N-methyl/N-ethyl adjacent to an activating group) is 1. The van der Waals surface area contributed by atoms with Crippen molar-refractivity contribution >= 4 is 62.3 Å². The van der Waals surface area contributed by atoms with Crippen LogP contribution in [-0.2, 0) is 26.2 Å². The summed E-state index contributed by atoms with van der Waals surface area (Å²) in [6.07, 6.45) is 0.300. The second-order valence-electron chi connectivity index (χ2n) is 8.07. The highest BCUT2D eigenvalue weighted by Gasteiger charge is 2.33. The molecule has 0 saturated carbocycles. The molecule has 0 bridgehead atoms. The average molecular weight is 583 g/mol. The summed E-state index contributed by atoms with van der Waals surface area (Å²) in [7, 11) is -2.72. The predicted octanol–water partition coefficient (Wildman–Crippen LogP) is 5.40. The molecule has 3 aromatic rings. The van der Waals surface area contributed by atoms with Crippen LogP contribution in [0.5, 0.6) is 0 Å². The zero-order valence-corrected chi connectivity index (χ0v) is 23.3. The zero-order chi connectivity index (χ0) is 27.2. The molecule has 7 nitrogen and oxygen atoms in total. The largest absolute Gasteiger partial charge is 0.357 e. The maximum Gasteiger partial charge on any atom is 0.264 e. The lowest BCUT2D eigenvalue weighted by atomic mass is 10.1. The van der Waals surface area contributed by atoms with E-state index in [4.69, 9.17) is 34.8 Å². The van der Waals surface area contributed by atoms with Crippen molar-refractivity contribution < 1.29 is 18.0 Å². The molecule has 0 spiro atoms. The SMILES string of the molecule is CC[C@H](C(=O)NC)N(Cc1ccccc1Cl)C(=O)CN(c1ccc(Cl)c(Cl)c1)S(=O)(=O)c1ccccc1. The van der Waals surface area contributed by atoms with Gasteiger partial charge in [-0.25, -0.2) is 8.42 Å². The van der Waals surface area contributed by atoms with Gasteiger partial charge in [-0.15, -0.1) is 0 Å². The second-order valence-corrected chi connectivity index (χ2v) is 11.2. The Hall–Kier alpha value is -2.78. The van der Waals surface area contributed by atoms with Crippen LogP contribution in [0, 0.1) is 0 Å². The predicted molar refractivity (Wildman–Crippen MR) is 148 cm³/mol. The van der Waals surface area contributed by atoms with Crippen molar-refractivity contribution in [3.8, 4) is 0 Å². The zero-order valence-electron chi connectivity index (χ0n) is 20.2. The van der Waals surface area contributed by atoms with Crippen LogP contribution in [0.1, 0.15) is 18.9 Å². The van der Waals surface area contributed by atoms with E-state index in [1.165, 1.54) is 42.3 Å². The van der Waals surface area contributed by atoms with Crippen molar-refractivity contribution in [1.29, 1.82) is 0 Å². The third kappa shape index (κ3) is 6.76. The van der Waals surface area contributed by atoms with Crippen molar-refractivity contribution in [2.45, 2.75) is 30.8 Å². The molecule has 3 aromatic carbocycles. The number of rotatable bonds is 10. The quantitative estimate of drug-likeness (QED) is 0.347. The Morgan fingerprint density at radius 3 is 2.14 bits per heavy atom. The summed E-state index contributed by atoms with van der Waals surface area (Å²) in [5, 5.41) is 3.36. The molecule has 0 radical (unpaired) electrons. The highest BCUT2D eigenvalue weighted by molar-refractivity contribution is 7.92. The molecule has 0 aliphatic rings. The average Bonchev–Trinajstić information content (AvgIpc) is 2.90. The molecule has 0 aliphatic heterocycles. The first-order valence-corrected chi connectivity index (χ1v) is 13.9. The Bertz CT molecular complexity index is 1370. The van der Waals surface area contributed by atoms with Gasteiger partial charge in [-0.05, 0) is 48.4 Å². The first-order valence-electron chi connectivity index (χ1n) is 11.4. The molecule has 0 unspecified atom stereocenters. The fourth-order valence-electron chi connectivity index (χ4n) is 3.78. The number of benzene rings is 3. The smallest absolute Gasteiger partial charge is 0.264 e. The third-order valence-corrected chi connectivity index (χ3v) is 8.63. The summed E-state index contributed by atoms with van der Waals surface area (Å²) in [6.45, 7) is 1.18. The lowest BCUT2D eigenvalue weighted by molar-refractivity contribution is -0.140. The first-order chi connectivity index (χ1) is 17.6. The fraction of sp³-hybridized carbons (Fsp3) is 0.231. The van der Waals surface area contributed by atoms with Crippen LogP contribution in [-0.4, -0.2) is 44.8 Å². The van der Waals surface area contributed by atoms with Crippen LogP contribution in [0.3, 0.4) is 0 Å². The summed E-state index contributed by atoms with van der Waals surface area (Å²) in [4.78, 5) is 27.9. The van der Waals surface area contributed by atoms with E-state index in [1.54, 1.807) is 49.4 Å². The monoisotopic (exact) mass is 581 g/mol. The number of hydrogen-bond acceptors (Lipinski definition) is 4. The molecular formula is C26H26Cl3N3O4S. The minimum atomic E-state index is -4.19. The first kappa shape index (κ1) is 28.8. The number of carbonyl (C=O) groups is 2. The number of hydrogen-bond donors (Lipinski definition) is 1. The molecule has 0 fully saturated rings. The number of sulfonamides is 1. The molecule has 1 atom stereocenters. The number of amides is 2. The Morgan fingerprint density at radius 1 is 0.892 bits per heavy atom. The normalized spacial score (nSPS) is 12.0. The topological polar surface area (TPSA) is 86.8 Å². The van der Waals surface area contributed by atoms with E-state index in [0.29, 0.717) is 17.0 Å². The summed E-state index contributed by atoms with van der Waals surface area (Å²) in [5.41, 5.74) is 0.768. The van der Waals surface area contributed by atoms with E-state index in [9.17, 15) is 18.0 Å². The van der Waals surface area contributed by atoms with E-state index < -0.39 is 28.5 Å². The lowest BCUT2D eigenvalue weighted by Gasteiger charge is -2.33. The second kappa shape index (κ2) is 12.6. The van der Waals surface area contributed by atoms with Crippen molar-refractivity contribution in [2.75, 3.05) is 17.9 Å². The third-order valence-electron chi connectivity index (χ3n) is 5.73. The molecule has 0 heterocycles. The van der Waals surface area contributed by atoms with Crippen LogP contribution in [0.15, 0.2) is 77.7 Å². The van der Waals surface area contributed by atoms with Gasteiger partial charge in [0.25, 0.3) is 10.0 Å². The number of nitrogens with one attached hydrogen (secondary N) is 1. The Morgan fingerprint density at radius 2 is 1.54 bits per heavy atom. The van der Waals surface area contributed by atoms with E-state index in [1.807, 2.05) is 0 Å². The van der Waals surface area contributed by atoms with Gasteiger partial charge in [0.1, 0.15) is 12.6 Å². The highest BCUT2D eigenvalue weighted by Crippen LogP contribution is 2.31. The van der Waals surface area contributed by atoms with E-state index >= 15 is 0 Å². The van der Waals surface area contributed by atoms with Crippen LogP contribution in [0.25, 0.3) is 0 Å². The van der Waals surface area contributed by atoms with Gasteiger partial charge in [0.05, 0.1) is 20.6 Å². The lowest BCUT2D eigenvalue weighted by Crippen LogP contribution is -2.51. The van der Waals surface area contributed by atoms with Crippen molar-refractivity contribution in [1.82, 2.24) is 10.2 Å². The van der Waals surface area contributed by atoms with Gasteiger partial charge in [-0.1, -0.05) is 78.1 Å².